The lowest BCUT2D eigenvalue weighted by Gasteiger charge is -2.23. The van der Waals surface area contributed by atoms with Crippen LogP contribution in [0.2, 0.25) is 0 Å². The number of rotatable bonds is 7. The molecule has 0 spiro atoms. The molecule has 1 fully saturated rings. The van der Waals surface area contributed by atoms with Gasteiger partial charge in [0, 0.05) is 0 Å². The van der Waals surface area contributed by atoms with Gasteiger partial charge in [-0.3, -0.25) is 0 Å². The zero-order valence-corrected chi connectivity index (χ0v) is 20.0. The molecule has 7 nitrogen and oxygen atoms in total. The van der Waals surface area contributed by atoms with Crippen LogP contribution in [0, 0.1) is 0 Å². The van der Waals surface area contributed by atoms with Crippen LogP contribution in [-0.2, 0) is 19.3 Å². The monoisotopic (exact) mass is 453 g/mol. The van der Waals surface area contributed by atoms with Gasteiger partial charge in [-0.25, -0.2) is 8.42 Å². The number of para-hydroxylation sites is 1. The first kappa shape index (κ1) is 27.1. The van der Waals surface area contributed by atoms with Crippen LogP contribution in [0.15, 0.2) is 59.5 Å². The van der Waals surface area contributed by atoms with Crippen molar-refractivity contribution in [3.63, 3.8) is 0 Å². The van der Waals surface area contributed by atoms with E-state index in [2.05, 4.69) is 0 Å². The van der Waals surface area contributed by atoms with E-state index in [1.54, 1.807) is 26.0 Å². The van der Waals surface area contributed by atoms with Crippen LogP contribution in [0.3, 0.4) is 0 Å². The van der Waals surface area contributed by atoms with Crippen LogP contribution in [0.4, 0.5) is 0 Å². The highest BCUT2D eigenvalue weighted by molar-refractivity contribution is 7.91. The predicted molar refractivity (Wildman–Crippen MR) is 121 cm³/mol. The van der Waals surface area contributed by atoms with Crippen LogP contribution in [0.1, 0.15) is 41.5 Å². The van der Waals surface area contributed by atoms with Crippen LogP contribution in [0.25, 0.3) is 0 Å². The third-order valence-electron chi connectivity index (χ3n) is 4.21. The second kappa shape index (κ2) is 12.8. The third kappa shape index (κ3) is 8.23. The van der Waals surface area contributed by atoms with Crippen LogP contribution in [-0.4, -0.2) is 43.9 Å². The standard InChI is InChI=1S/C19H23NO6S.2C2H6/c1-19(2)24-12-18(26-19)17(20-21)13-27(22,23)16-10-8-15(9-11-16)25-14-6-4-3-5-7-14;2*1-2/h3-11,17-18,20-21H,12-13H2,1-2H3;2*1-2H3/t17-,18-;;/m1../s1. The SMILES string of the molecule is CC.CC.CC1(C)OC[C@H]([C@@H](CS(=O)(=O)c2ccc(Oc3ccccc3)cc2)NO)O1. The molecule has 0 bridgehead atoms. The fraction of sp³-hybridized carbons (Fsp3) is 0.478. The van der Waals surface area contributed by atoms with Crippen molar-refractivity contribution in [1.82, 2.24) is 5.48 Å². The normalized spacial score (nSPS) is 18.1. The number of hydrogen-bond acceptors (Lipinski definition) is 7. The summed E-state index contributed by atoms with van der Waals surface area (Å²) in [5, 5.41) is 9.41. The molecule has 31 heavy (non-hydrogen) atoms. The minimum Gasteiger partial charge on any atom is -0.457 e. The molecule has 1 aliphatic heterocycles. The minimum absolute atomic E-state index is 0.140. The molecule has 1 heterocycles. The van der Waals surface area contributed by atoms with E-state index in [4.69, 9.17) is 14.2 Å². The van der Waals surface area contributed by atoms with Gasteiger partial charge >= 0.3 is 0 Å². The molecule has 8 heteroatoms. The first-order chi connectivity index (χ1) is 14.8. The molecule has 0 radical (unpaired) electrons. The fourth-order valence-corrected chi connectivity index (χ4v) is 4.32. The predicted octanol–water partition coefficient (Wildman–Crippen LogP) is 4.80. The fourth-order valence-electron chi connectivity index (χ4n) is 2.81. The third-order valence-corrected chi connectivity index (χ3v) is 5.99. The summed E-state index contributed by atoms with van der Waals surface area (Å²) in [6, 6.07) is 14.6. The Labute approximate surface area is 186 Å². The number of hydrogen-bond donors (Lipinski definition) is 2. The van der Waals surface area contributed by atoms with E-state index in [0.29, 0.717) is 11.5 Å². The Balaban J connectivity index is 0.00000113. The van der Waals surface area contributed by atoms with E-state index in [0.717, 1.165) is 0 Å². The molecule has 1 aliphatic rings. The van der Waals surface area contributed by atoms with Gasteiger partial charge in [-0.05, 0) is 50.2 Å². The highest BCUT2D eigenvalue weighted by atomic mass is 32.2. The summed E-state index contributed by atoms with van der Waals surface area (Å²) in [5.74, 6) is 0.0665. The van der Waals surface area contributed by atoms with E-state index < -0.39 is 27.8 Å². The van der Waals surface area contributed by atoms with Gasteiger partial charge in [0.15, 0.2) is 15.6 Å². The summed E-state index contributed by atoms with van der Waals surface area (Å²) < 4.78 is 42.2. The summed E-state index contributed by atoms with van der Waals surface area (Å²) in [4.78, 5) is 0.140. The van der Waals surface area contributed by atoms with Crippen LogP contribution in [0.5, 0.6) is 11.5 Å². The maximum atomic E-state index is 12.7. The Morgan fingerprint density at radius 2 is 1.58 bits per heavy atom. The van der Waals surface area contributed by atoms with E-state index in [-0.39, 0.29) is 17.3 Å². The Morgan fingerprint density at radius 3 is 2.06 bits per heavy atom. The topological polar surface area (TPSA) is 94.1 Å². The summed E-state index contributed by atoms with van der Waals surface area (Å²) in [6.07, 6.45) is -0.569. The molecule has 2 atom stereocenters. The summed E-state index contributed by atoms with van der Waals surface area (Å²) >= 11 is 0. The Hall–Kier alpha value is -1.97. The molecular weight excluding hydrogens is 418 g/mol. The smallest absolute Gasteiger partial charge is 0.180 e. The van der Waals surface area contributed by atoms with Gasteiger partial charge in [-0.15, -0.1) is 0 Å². The second-order valence-electron chi connectivity index (χ2n) is 6.77. The molecule has 3 rings (SSSR count). The van der Waals surface area contributed by atoms with E-state index in [9.17, 15) is 13.6 Å². The molecule has 0 amide bonds. The molecule has 0 unspecified atom stereocenters. The van der Waals surface area contributed by atoms with Crippen LogP contribution >= 0.6 is 0 Å². The number of sulfone groups is 1. The number of hydroxylamine groups is 1. The quantitative estimate of drug-likeness (QED) is 0.581. The molecule has 2 aromatic carbocycles. The van der Waals surface area contributed by atoms with Crippen molar-refractivity contribution in [2.45, 2.75) is 64.4 Å². The summed E-state index contributed by atoms with van der Waals surface area (Å²) in [7, 11) is -3.65. The van der Waals surface area contributed by atoms with E-state index >= 15 is 0 Å². The summed E-state index contributed by atoms with van der Waals surface area (Å²) in [6.45, 7) is 11.7. The van der Waals surface area contributed by atoms with Gasteiger partial charge in [-0.1, -0.05) is 45.9 Å². The Morgan fingerprint density at radius 1 is 1.03 bits per heavy atom. The van der Waals surface area contributed by atoms with Crippen molar-refractivity contribution in [1.29, 1.82) is 0 Å². The second-order valence-corrected chi connectivity index (χ2v) is 8.80. The van der Waals surface area contributed by atoms with Crippen molar-refractivity contribution < 1.29 is 27.8 Å². The van der Waals surface area contributed by atoms with Gasteiger partial charge in [0.25, 0.3) is 0 Å². The largest absolute Gasteiger partial charge is 0.457 e. The van der Waals surface area contributed by atoms with E-state index in [1.165, 1.54) is 12.1 Å². The van der Waals surface area contributed by atoms with Crippen LogP contribution < -0.4 is 10.2 Å². The van der Waals surface area contributed by atoms with Crippen molar-refractivity contribution in [3.05, 3.63) is 54.6 Å². The molecule has 2 aromatic rings. The lowest BCUT2D eigenvalue weighted by molar-refractivity contribution is -0.144. The Kier molecular flexibility index (Phi) is 11.2. The molecule has 0 aliphatic carbocycles. The Bertz CT molecular complexity index is 853. The van der Waals surface area contributed by atoms with Gasteiger partial charge in [0.2, 0.25) is 0 Å². The maximum absolute atomic E-state index is 12.7. The van der Waals surface area contributed by atoms with Gasteiger partial charge in [0.1, 0.15) is 17.6 Å². The van der Waals surface area contributed by atoms with Crippen molar-refractivity contribution in [3.8, 4) is 11.5 Å². The van der Waals surface area contributed by atoms with E-state index in [1.807, 2.05) is 63.5 Å². The zero-order valence-electron chi connectivity index (χ0n) is 19.2. The van der Waals surface area contributed by atoms with Gasteiger partial charge in [0.05, 0.1) is 23.3 Å². The highest BCUT2D eigenvalue weighted by Crippen LogP contribution is 2.27. The first-order valence-electron chi connectivity index (χ1n) is 10.6. The lowest BCUT2D eigenvalue weighted by Crippen LogP contribution is -2.45. The number of ether oxygens (including phenoxy) is 3. The van der Waals surface area contributed by atoms with Gasteiger partial charge in [-0.2, -0.15) is 5.48 Å². The molecule has 2 N–H and O–H groups in total. The van der Waals surface area contributed by atoms with Crippen molar-refractivity contribution >= 4 is 9.84 Å². The first-order valence-corrected chi connectivity index (χ1v) is 12.2. The lowest BCUT2D eigenvalue weighted by atomic mass is 10.2. The molecular formula is C23H35NO6S. The maximum Gasteiger partial charge on any atom is 0.180 e. The summed E-state index contributed by atoms with van der Waals surface area (Å²) in [5.41, 5.74) is 2.04. The van der Waals surface area contributed by atoms with Gasteiger partial charge < -0.3 is 19.4 Å². The molecule has 174 valence electrons. The van der Waals surface area contributed by atoms with Crippen molar-refractivity contribution in [2.75, 3.05) is 12.4 Å². The number of nitrogens with one attached hydrogen (secondary N) is 1. The minimum atomic E-state index is -3.65. The molecule has 0 saturated carbocycles. The van der Waals surface area contributed by atoms with Crippen molar-refractivity contribution in [2.24, 2.45) is 0 Å². The molecule has 1 saturated heterocycles. The zero-order chi connectivity index (χ0) is 23.5. The average molecular weight is 454 g/mol. The highest BCUT2D eigenvalue weighted by Gasteiger charge is 2.39. The molecule has 0 aromatic heterocycles. The average Bonchev–Trinajstić information content (AvgIpc) is 3.15. The number of benzene rings is 2.